The fourth-order valence-corrected chi connectivity index (χ4v) is 3.33. The number of fused-ring (bicyclic) bond motifs is 2. The van der Waals surface area contributed by atoms with Crippen LogP contribution >= 0.6 is 11.3 Å². The lowest BCUT2D eigenvalue weighted by atomic mass is 10.1. The van der Waals surface area contributed by atoms with E-state index in [9.17, 15) is 0 Å². The van der Waals surface area contributed by atoms with E-state index in [1.54, 1.807) is 11.3 Å². The van der Waals surface area contributed by atoms with Crippen molar-refractivity contribution < 1.29 is 0 Å². The summed E-state index contributed by atoms with van der Waals surface area (Å²) in [6.07, 6.45) is 0. The second-order valence-electron chi connectivity index (χ2n) is 4.42. The molecule has 1 radical (unpaired) electrons. The molecular formula is C17H10NS. The first-order valence-corrected chi connectivity index (χ1v) is 6.99. The molecule has 89 valence electrons. The number of thiazole rings is 1. The third-order valence-corrected chi connectivity index (χ3v) is 4.30. The van der Waals surface area contributed by atoms with Gasteiger partial charge in [0.25, 0.3) is 0 Å². The molecule has 4 aromatic rings. The first kappa shape index (κ1) is 10.7. The predicted octanol–water partition coefficient (Wildman–Crippen LogP) is 4.92. The number of hydrogen-bond acceptors (Lipinski definition) is 2. The monoisotopic (exact) mass is 260 g/mol. The average molecular weight is 260 g/mol. The van der Waals surface area contributed by atoms with Crippen LogP contribution in [-0.2, 0) is 0 Å². The Morgan fingerprint density at radius 3 is 2.68 bits per heavy atom. The number of nitrogens with zero attached hydrogens (tertiary/aromatic N) is 1. The molecule has 19 heavy (non-hydrogen) atoms. The molecule has 0 aliphatic heterocycles. The van der Waals surface area contributed by atoms with Gasteiger partial charge in [-0.05, 0) is 29.0 Å². The second kappa shape index (κ2) is 4.18. The molecule has 0 saturated carbocycles. The van der Waals surface area contributed by atoms with Gasteiger partial charge in [0.2, 0.25) is 0 Å². The van der Waals surface area contributed by atoms with E-state index in [1.807, 2.05) is 18.2 Å². The minimum atomic E-state index is 1.07. The van der Waals surface area contributed by atoms with E-state index in [4.69, 9.17) is 4.98 Å². The Balaban J connectivity index is 2.03. The van der Waals surface area contributed by atoms with Crippen LogP contribution < -0.4 is 0 Å². The van der Waals surface area contributed by atoms with Crippen LogP contribution in [-0.4, -0.2) is 4.98 Å². The van der Waals surface area contributed by atoms with Crippen molar-refractivity contribution >= 4 is 32.3 Å². The predicted molar refractivity (Wildman–Crippen MR) is 81.4 cm³/mol. The molecule has 0 saturated heterocycles. The molecule has 1 nitrogen and oxygen atoms in total. The van der Waals surface area contributed by atoms with Crippen LogP contribution in [0.5, 0.6) is 0 Å². The summed E-state index contributed by atoms with van der Waals surface area (Å²) in [5.41, 5.74) is 2.26. The number of hydrogen-bond donors (Lipinski definition) is 0. The lowest BCUT2D eigenvalue weighted by Gasteiger charge is -2.02. The SMILES string of the molecule is [c]1ccc(-c2nc3ccccc3s2)c2ccccc12. The number of rotatable bonds is 1. The van der Waals surface area contributed by atoms with E-state index in [1.165, 1.54) is 15.6 Å². The van der Waals surface area contributed by atoms with Crippen molar-refractivity contribution in [3.63, 3.8) is 0 Å². The molecule has 0 amide bonds. The van der Waals surface area contributed by atoms with Crippen LogP contribution in [0.3, 0.4) is 0 Å². The maximum absolute atomic E-state index is 4.74. The second-order valence-corrected chi connectivity index (χ2v) is 5.45. The highest BCUT2D eigenvalue weighted by molar-refractivity contribution is 7.21. The van der Waals surface area contributed by atoms with Crippen molar-refractivity contribution in [2.45, 2.75) is 0 Å². The molecule has 0 aliphatic rings. The molecule has 3 aromatic carbocycles. The van der Waals surface area contributed by atoms with Gasteiger partial charge in [0.1, 0.15) is 5.01 Å². The number of aromatic nitrogens is 1. The van der Waals surface area contributed by atoms with Gasteiger partial charge in [-0.3, -0.25) is 0 Å². The van der Waals surface area contributed by atoms with Gasteiger partial charge in [0.15, 0.2) is 0 Å². The van der Waals surface area contributed by atoms with Crippen LogP contribution in [0.1, 0.15) is 0 Å². The smallest absolute Gasteiger partial charge is 0.125 e. The normalized spacial score (nSPS) is 11.2. The molecule has 0 fully saturated rings. The summed E-state index contributed by atoms with van der Waals surface area (Å²) in [5.74, 6) is 0. The molecular weight excluding hydrogens is 250 g/mol. The van der Waals surface area contributed by atoms with E-state index in [-0.39, 0.29) is 0 Å². The zero-order chi connectivity index (χ0) is 12.7. The molecule has 0 spiro atoms. The first-order valence-electron chi connectivity index (χ1n) is 6.17. The van der Waals surface area contributed by atoms with Gasteiger partial charge in [-0.2, -0.15) is 0 Å². The van der Waals surface area contributed by atoms with Gasteiger partial charge < -0.3 is 0 Å². The average Bonchev–Trinajstić information content (AvgIpc) is 2.90. The van der Waals surface area contributed by atoms with Crippen LogP contribution in [0, 0.1) is 6.07 Å². The first-order chi connectivity index (χ1) is 9.42. The Morgan fingerprint density at radius 1 is 0.895 bits per heavy atom. The van der Waals surface area contributed by atoms with E-state index in [0.717, 1.165) is 15.9 Å². The minimum Gasteiger partial charge on any atom is -0.236 e. The van der Waals surface area contributed by atoms with Crippen LogP contribution in [0.25, 0.3) is 31.6 Å². The third-order valence-electron chi connectivity index (χ3n) is 3.23. The van der Waals surface area contributed by atoms with Crippen molar-refractivity contribution in [3.05, 3.63) is 66.7 Å². The molecule has 1 heterocycles. The fraction of sp³-hybridized carbons (Fsp3) is 0. The Morgan fingerprint density at radius 2 is 1.74 bits per heavy atom. The van der Waals surface area contributed by atoms with Gasteiger partial charge in [-0.15, -0.1) is 11.3 Å². The lowest BCUT2D eigenvalue weighted by molar-refractivity contribution is 1.49. The maximum Gasteiger partial charge on any atom is 0.125 e. The van der Waals surface area contributed by atoms with Crippen molar-refractivity contribution in [2.75, 3.05) is 0 Å². The van der Waals surface area contributed by atoms with E-state index in [0.29, 0.717) is 0 Å². The number of benzene rings is 3. The molecule has 2 heteroatoms. The van der Waals surface area contributed by atoms with E-state index < -0.39 is 0 Å². The third kappa shape index (κ3) is 1.72. The standard InChI is InChI=1S/C17H10NS/c1-2-8-13-12(6-1)7-5-9-14(13)17-18-15-10-3-4-11-16(15)19-17/h1-6,8-11H. The van der Waals surface area contributed by atoms with Gasteiger partial charge >= 0.3 is 0 Å². The highest BCUT2D eigenvalue weighted by Crippen LogP contribution is 2.34. The minimum absolute atomic E-state index is 1.07. The molecule has 0 bridgehead atoms. The Kier molecular flexibility index (Phi) is 2.35. The van der Waals surface area contributed by atoms with Crippen molar-refractivity contribution in [1.29, 1.82) is 0 Å². The summed E-state index contributed by atoms with van der Waals surface area (Å²) in [6.45, 7) is 0. The van der Waals surface area contributed by atoms with Crippen molar-refractivity contribution in [1.82, 2.24) is 4.98 Å². The summed E-state index contributed by atoms with van der Waals surface area (Å²) in [4.78, 5) is 4.74. The Hall–Kier alpha value is -2.19. The van der Waals surface area contributed by atoms with Gasteiger partial charge in [-0.1, -0.05) is 48.5 Å². The molecule has 0 unspecified atom stereocenters. The zero-order valence-electron chi connectivity index (χ0n) is 10.1. The lowest BCUT2D eigenvalue weighted by Crippen LogP contribution is -1.79. The molecule has 1 aromatic heterocycles. The van der Waals surface area contributed by atoms with Crippen LogP contribution in [0.15, 0.2) is 60.7 Å². The highest BCUT2D eigenvalue weighted by Gasteiger charge is 2.08. The quantitative estimate of drug-likeness (QED) is 0.473. The molecule has 0 N–H and O–H groups in total. The summed E-state index contributed by atoms with van der Waals surface area (Å²) < 4.78 is 1.23. The van der Waals surface area contributed by atoms with E-state index in [2.05, 4.69) is 48.5 Å². The van der Waals surface area contributed by atoms with E-state index >= 15 is 0 Å². The topological polar surface area (TPSA) is 12.9 Å². The maximum atomic E-state index is 4.74. The zero-order valence-corrected chi connectivity index (χ0v) is 10.9. The summed E-state index contributed by atoms with van der Waals surface area (Å²) in [6, 6.07) is 23.9. The summed E-state index contributed by atoms with van der Waals surface area (Å²) in [5, 5.41) is 3.43. The molecule has 0 aliphatic carbocycles. The summed E-state index contributed by atoms with van der Waals surface area (Å²) >= 11 is 1.74. The van der Waals surface area contributed by atoms with Crippen LogP contribution in [0.4, 0.5) is 0 Å². The fourth-order valence-electron chi connectivity index (χ4n) is 2.32. The highest BCUT2D eigenvalue weighted by atomic mass is 32.1. The molecule has 4 rings (SSSR count). The Bertz CT molecular complexity index is 838. The Labute approximate surface area is 115 Å². The van der Waals surface area contributed by atoms with Crippen molar-refractivity contribution in [3.8, 4) is 10.6 Å². The van der Waals surface area contributed by atoms with Crippen molar-refractivity contribution in [2.24, 2.45) is 0 Å². The van der Waals surface area contributed by atoms with Crippen LogP contribution in [0.2, 0.25) is 0 Å². The molecule has 0 atom stereocenters. The summed E-state index contributed by atoms with van der Waals surface area (Å²) in [7, 11) is 0. The van der Waals surface area contributed by atoms with Gasteiger partial charge in [-0.25, -0.2) is 4.98 Å². The van der Waals surface area contributed by atoms with Gasteiger partial charge in [0.05, 0.1) is 10.2 Å². The van der Waals surface area contributed by atoms with Gasteiger partial charge in [0, 0.05) is 5.56 Å². The largest absolute Gasteiger partial charge is 0.236 e. The number of para-hydroxylation sites is 1.